The molecule has 2 aliphatic heterocycles. The van der Waals surface area contributed by atoms with E-state index in [0.717, 1.165) is 21.6 Å². The Bertz CT molecular complexity index is 1370. The van der Waals surface area contributed by atoms with Crippen LogP contribution in [0.1, 0.15) is 58.7 Å². The highest BCUT2D eigenvalue weighted by molar-refractivity contribution is 5.87. The van der Waals surface area contributed by atoms with Crippen LogP contribution in [0.15, 0.2) is 61.7 Å². The van der Waals surface area contributed by atoms with Gasteiger partial charge in [0.05, 0.1) is 28.6 Å². The van der Waals surface area contributed by atoms with E-state index in [1.165, 1.54) is 7.05 Å². The Morgan fingerprint density at radius 2 is 1.56 bits per heavy atom. The number of benzene rings is 2. The molecule has 0 spiro atoms. The van der Waals surface area contributed by atoms with Gasteiger partial charge in [0.2, 0.25) is 5.91 Å². The minimum absolute atomic E-state index is 0.0452. The third kappa shape index (κ3) is 6.31. The molecule has 2 fully saturated rings. The molecule has 0 saturated carbocycles. The summed E-state index contributed by atoms with van der Waals surface area (Å²) in [7, 11) is 1.35. The van der Waals surface area contributed by atoms with E-state index in [-0.39, 0.29) is 30.6 Å². The van der Waals surface area contributed by atoms with Crippen LogP contribution in [0.25, 0.3) is 0 Å². The molecule has 11 heteroatoms. The predicted molar refractivity (Wildman–Crippen MR) is 151 cm³/mol. The van der Waals surface area contributed by atoms with Gasteiger partial charge in [0, 0.05) is 26.7 Å². The van der Waals surface area contributed by atoms with Crippen molar-refractivity contribution < 1.29 is 35.9 Å². The molecule has 0 aliphatic carbocycles. The summed E-state index contributed by atoms with van der Waals surface area (Å²) in [5, 5.41) is 0. The quantitative estimate of drug-likeness (QED) is 0.239. The number of aryl methyl sites for hydroxylation is 2. The van der Waals surface area contributed by atoms with Crippen molar-refractivity contribution in [1.82, 2.24) is 14.7 Å². The second-order valence-electron chi connectivity index (χ2n) is 11.6. The van der Waals surface area contributed by atoms with Gasteiger partial charge in [-0.2, -0.15) is 26.3 Å². The molecule has 2 aromatic carbocycles. The van der Waals surface area contributed by atoms with E-state index in [0.29, 0.717) is 31.4 Å². The summed E-state index contributed by atoms with van der Waals surface area (Å²) in [6.07, 6.45) is -5.31. The summed E-state index contributed by atoms with van der Waals surface area (Å²) in [6, 6.07) is 5.57. The molecule has 2 aromatic rings. The van der Waals surface area contributed by atoms with Gasteiger partial charge in [0.1, 0.15) is 0 Å². The lowest BCUT2D eigenvalue weighted by Gasteiger charge is -2.46. The van der Waals surface area contributed by atoms with Crippen LogP contribution in [0.3, 0.4) is 0 Å². The first-order valence-corrected chi connectivity index (χ1v) is 13.9. The second kappa shape index (κ2) is 11.7. The molecule has 5 nitrogen and oxygen atoms in total. The molecule has 0 bridgehead atoms. The van der Waals surface area contributed by atoms with Crippen LogP contribution in [0.2, 0.25) is 0 Å². The molecule has 43 heavy (non-hydrogen) atoms. The van der Waals surface area contributed by atoms with Gasteiger partial charge in [0.25, 0.3) is 0 Å². The number of carbonyl (C=O) groups excluding carboxylic acids is 2. The van der Waals surface area contributed by atoms with Crippen molar-refractivity contribution in [3.63, 3.8) is 0 Å². The summed E-state index contributed by atoms with van der Waals surface area (Å²) in [5.74, 6) is -0.0452. The molecule has 2 aliphatic rings. The van der Waals surface area contributed by atoms with Crippen molar-refractivity contribution in [2.75, 3.05) is 20.1 Å². The van der Waals surface area contributed by atoms with Gasteiger partial charge >= 0.3 is 18.4 Å². The first-order chi connectivity index (χ1) is 20.0. The number of alkyl halides is 6. The van der Waals surface area contributed by atoms with Crippen LogP contribution in [0.4, 0.5) is 31.1 Å². The van der Waals surface area contributed by atoms with Crippen LogP contribution >= 0.6 is 0 Å². The standard InChI is InChI=1S/C32H35F6N3O2/c1-6-10-30(11-7-2)18-26-27(25-9-8-20(3)14-21(25)4)41(13-12-40(26)28(30)42)29(43)39(5)19-22-15-23(31(33,34)35)17-24(16-22)32(36,37)38/h6-9,14-17,26-27H,1-2,10-13,18-19H2,3-5H3/t26?,27-/m0/s1. The molecular formula is C32H35F6N3O2. The average molecular weight is 608 g/mol. The highest BCUT2D eigenvalue weighted by atomic mass is 19.4. The molecule has 0 N–H and O–H groups in total. The predicted octanol–water partition coefficient (Wildman–Crippen LogP) is 7.69. The lowest BCUT2D eigenvalue weighted by atomic mass is 9.76. The van der Waals surface area contributed by atoms with Crippen molar-refractivity contribution in [3.8, 4) is 0 Å². The highest BCUT2D eigenvalue weighted by Gasteiger charge is 2.56. The number of hydrogen-bond donors (Lipinski definition) is 0. The SMILES string of the molecule is C=CCC1(CC=C)CC2[C@H](c3ccc(C)cc3C)N(C(=O)N(C)Cc3cc(C(F)(F)F)cc(C(F)(F)F)c3)CCN2C1=O. The fourth-order valence-corrected chi connectivity index (χ4v) is 6.56. The third-order valence-electron chi connectivity index (χ3n) is 8.45. The number of piperazine rings is 1. The number of rotatable bonds is 7. The summed E-state index contributed by atoms with van der Waals surface area (Å²) < 4.78 is 80.7. The second-order valence-corrected chi connectivity index (χ2v) is 11.6. The number of hydrogen-bond acceptors (Lipinski definition) is 2. The number of halogens is 6. The van der Waals surface area contributed by atoms with Gasteiger partial charge in [-0.1, -0.05) is 35.9 Å². The first kappa shape index (κ1) is 32.2. The maximum Gasteiger partial charge on any atom is 0.416 e. The van der Waals surface area contributed by atoms with Gasteiger partial charge < -0.3 is 14.7 Å². The topological polar surface area (TPSA) is 43.9 Å². The normalized spacial score (nSPS) is 20.2. The molecular weight excluding hydrogens is 572 g/mol. The van der Waals surface area contributed by atoms with Crippen molar-refractivity contribution in [2.24, 2.45) is 5.41 Å². The summed E-state index contributed by atoms with van der Waals surface area (Å²) in [5.41, 5.74) is -1.22. The zero-order valence-corrected chi connectivity index (χ0v) is 24.4. The van der Waals surface area contributed by atoms with Gasteiger partial charge in [-0.3, -0.25) is 4.79 Å². The zero-order valence-electron chi connectivity index (χ0n) is 24.4. The highest BCUT2D eigenvalue weighted by Crippen LogP contribution is 2.49. The molecule has 3 amide bonds. The van der Waals surface area contributed by atoms with Crippen molar-refractivity contribution in [1.29, 1.82) is 0 Å². The lowest BCUT2D eigenvalue weighted by Crippen LogP contribution is -2.57. The molecule has 0 aromatic heterocycles. The van der Waals surface area contributed by atoms with Crippen LogP contribution in [0.5, 0.6) is 0 Å². The monoisotopic (exact) mass is 607 g/mol. The van der Waals surface area contributed by atoms with Gasteiger partial charge in [-0.05, 0) is 68.0 Å². The lowest BCUT2D eigenvalue weighted by molar-refractivity contribution is -0.143. The van der Waals surface area contributed by atoms with E-state index in [4.69, 9.17) is 0 Å². The maximum absolute atomic E-state index is 14.0. The molecule has 2 atom stereocenters. The molecule has 2 heterocycles. The summed E-state index contributed by atoms with van der Waals surface area (Å²) in [6.45, 7) is 11.4. The molecule has 232 valence electrons. The number of urea groups is 1. The number of amides is 3. The third-order valence-corrected chi connectivity index (χ3v) is 8.45. The van der Waals surface area contributed by atoms with Crippen LogP contribution in [-0.4, -0.2) is 52.8 Å². The number of fused-ring (bicyclic) bond motifs is 1. The molecule has 0 radical (unpaired) electrons. The van der Waals surface area contributed by atoms with Gasteiger partial charge in [-0.25, -0.2) is 4.79 Å². The van der Waals surface area contributed by atoms with Crippen molar-refractivity contribution in [3.05, 3.63) is 95.1 Å². The summed E-state index contributed by atoms with van der Waals surface area (Å²) >= 11 is 0. The fourth-order valence-electron chi connectivity index (χ4n) is 6.56. The van der Waals surface area contributed by atoms with Crippen molar-refractivity contribution in [2.45, 2.75) is 64.1 Å². The van der Waals surface area contributed by atoms with E-state index in [1.807, 2.05) is 32.0 Å². The fraction of sp³-hybridized carbons (Fsp3) is 0.438. The van der Waals surface area contributed by atoms with E-state index in [2.05, 4.69) is 13.2 Å². The minimum Gasteiger partial charge on any atom is -0.335 e. The van der Waals surface area contributed by atoms with Crippen LogP contribution in [-0.2, 0) is 23.7 Å². The zero-order chi connectivity index (χ0) is 31.9. The minimum atomic E-state index is -5.00. The smallest absolute Gasteiger partial charge is 0.335 e. The Kier molecular flexibility index (Phi) is 8.77. The van der Waals surface area contributed by atoms with Crippen LogP contribution in [0, 0.1) is 19.3 Å². The van der Waals surface area contributed by atoms with E-state index in [9.17, 15) is 35.9 Å². The number of carbonyl (C=O) groups is 2. The molecule has 1 unspecified atom stereocenters. The maximum atomic E-state index is 14.0. The van der Waals surface area contributed by atoms with E-state index >= 15 is 0 Å². The molecule has 4 rings (SSSR count). The van der Waals surface area contributed by atoms with Gasteiger partial charge in [-0.15, -0.1) is 13.2 Å². The first-order valence-electron chi connectivity index (χ1n) is 13.9. The number of nitrogens with zero attached hydrogens (tertiary/aromatic N) is 3. The average Bonchev–Trinajstić information content (AvgIpc) is 3.18. The van der Waals surface area contributed by atoms with Gasteiger partial charge in [0.15, 0.2) is 0 Å². The van der Waals surface area contributed by atoms with E-state index in [1.54, 1.807) is 22.0 Å². The molecule has 2 saturated heterocycles. The Morgan fingerprint density at radius 3 is 2.07 bits per heavy atom. The van der Waals surface area contributed by atoms with Crippen LogP contribution < -0.4 is 0 Å². The largest absolute Gasteiger partial charge is 0.416 e. The Balaban J connectivity index is 1.72. The Hall–Kier alpha value is -3.76. The Labute approximate surface area is 247 Å². The Morgan fingerprint density at radius 1 is 0.977 bits per heavy atom. The van der Waals surface area contributed by atoms with Crippen molar-refractivity contribution >= 4 is 11.9 Å². The van der Waals surface area contributed by atoms with E-state index < -0.39 is 53.6 Å². The summed E-state index contributed by atoms with van der Waals surface area (Å²) in [4.78, 5) is 32.3. The number of allylic oxidation sites excluding steroid dienone is 2.